The Morgan fingerprint density at radius 3 is 1.26 bits per heavy atom. The molecule has 1 N–H and O–H groups in total. The molecule has 2 aromatic carbocycles. The summed E-state index contributed by atoms with van der Waals surface area (Å²) in [5, 5.41) is 9.08. The maximum Gasteiger partial charge on any atom is 0.476 e. The van der Waals surface area contributed by atoms with Crippen molar-refractivity contribution in [2.45, 2.75) is 199 Å². The van der Waals surface area contributed by atoms with Crippen LogP contribution in [0, 0.1) is 25.5 Å². The van der Waals surface area contributed by atoms with E-state index in [0.29, 0.717) is 41.9 Å². The van der Waals surface area contributed by atoms with Crippen LogP contribution in [-0.4, -0.2) is 65.7 Å². The van der Waals surface area contributed by atoms with Gasteiger partial charge in [-0.05, 0) is 197 Å². The highest BCUT2D eigenvalue weighted by molar-refractivity contribution is 7.48. The van der Waals surface area contributed by atoms with Gasteiger partial charge in [0.25, 0.3) is 19.6 Å². The van der Waals surface area contributed by atoms with E-state index in [1.54, 1.807) is 53.9 Å². The number of benzene rings is 2. The van der Waals surface area contributed by atoms with Crippen molar-refractivity contribution in [3.63, 3.8) is 0 Å². The van der Waals surface area contributed by atoms with Crippen molar-refractivity contribution in [2.24, 2.45) is 0 Å². The van der Waals surface area contributed by atoms with Crippen molar-refractivity contribution in [2.75, 3.05) is 0 Å². The summed E-state index contributed by atoms with van der Waals surface area (Å²) in [4.78, 5) is 57.6. The summed E-state index contributed by atoms with van der Waals surface area (Å²) >= 11 is 0. The topological polar surface area (TPSA) is 199 Å². The van der Waals surface area contributed by atoms with Gasteiger partial charge < -0.3 is 14.2 Å². The zero-order chi connectivity index (χ0) is 57.7. The number of hydrogen-bond acceptors (Lipinski definition) is 14. The van der Waals surface area contributed by atoms with E-state index < -0.39 is 39.2 Å². The number of carbonyl (C=O) groups excluding carboxylic acids is 4. The smallest absolute Gasteiger partial charge is 0.392 e. The SMILES string of the molecule is CC(C)N(C(C)C)P(OC(C)(C)C)OC(C)(C)C.CCc1c(C)ccn(-c2ccc(F)c(CO)c2)c1=O.CCc1c(C)ccn(-c2ccc(F)c(COP(=O)(OC(C)(C)C)OC(C)(C)C)c2)c1=O.O=C=O.O=C=O. The van der Waals surface area contributed by atoms with Gasteiger partial charge in [-0.1, -0.05) is 13.8 Å². The highest BCUT2D eigenvalue weighted by Crippen LogP contribution is 2.56. The van der Waals surface area contributed by atoms with Crippen LogP contribution < -0.4 is 11.1 Å². The number of aryl methyl sites for hydroxylation is 2. The van der Waals surface area contributed by atoms with Crippen LogP contribution in [0.1, 0.15) is 158 Å². The number of phosphoric ester groups is 1. The fourth-order valence-electron chi connectivity index (χ4n) is 6.70. The Morgan fingerprint density at radius 1 is 0.622 bits per heavy atom. The summed E-state index contributed by atoms with van der Waals surface area (Å²) in [6.07, 6.45) is 5.08. The third kappa shape index (κ3) is 24.8. The van der Waals surface area contributed by atoms with Crippen molar-refractivity contribution >= 4 is 28.7 Å². The highest BCUT2D eigenvalue weighted by atomic mass is 31.2. The van der Waals surface area contributed by atoms with Gasteiger partial charge in [-0.2, -0.15) is 19.2 Å². The lowest BCUT2D eigenvalue weighted by atomic mass is 10.1. The predicted octanol–water partition coefficient (Wildman–Crippen LogP) is 12.2. The fourth-order valence-corrected chi connectivity index (χ4v) is 10.4. The first-order chi connectivity index (χ1) is 33.9. The summed E-state index contributed by atoms with van der Waals surface area (Å²) in [7, 11) is -5.04. The Morgan fingerprint density at radius 2 is 0.959 bits per heavy atom. The van der Waals surface area contributed by atoms with E-state index in [9.17, 15) is 22.9 Å². The van der Waals surface area contributed by atoms with Gasteiger partial charge in [-0.15, -0.1) is 0 Å². The quantitative estimate of drug-likeness (QED) is 0.110. The second-order valence-electron chi connectivity index (χ2n) is 21.2. The van der Waals surface area contributed by atoms with Gasteiger partial charge in [0, 0.05) is 58.1 Å². The summed E-state index contributed by atoms with van der Waals surface area (Å²) in [6, 6.07) is 13.1. The zero-order valence-electron chi connectivity index (χ0n) is 47.1. The van der Waals surface area contributed by atoms with Crippen molar-refractivity contribution < 1.29 is 60.2 Å². The zero-order valence-corrected chi connectivity index (χ0v) is 48.9. The highest BCUT2D eigenvalue weighted by Gasteiger charge is 2.38. The van der Waals surface area contributed by atoms with Gasteiger partial charge in [0.2, 0.25) is 0 Å². The van der Waals surface area contributed by atoms with E-state index in [2.05, 4.69) is 73.9 Å². The van der Waals surface area contributed by atoms with Gasteiger partial charge in [0.1, 0.15) is 11.6 Å². The van der Waals surface area contributed by atoms with Crippen LogP contribution in [0.5, 0.6) is 0 Å². The molecule has 0 amide bonds. The Hall–Kier alpha value is -4.66. The van der Waals surface area contributed by atoms with Gasteiger partial charge in [-0.25, -0.2) is 18.0 Å². The third-order valence-corrected chi connectivity index (χ3v) is 14.1. The molecular weight excluding hydrogens is 999 g/mol. The lowest BCUT2D eigenvalue weighted by Crippen LogP contribution is -2.37. The van der Waals surface area contributed by atoms with Crippen molar-refractivity contribution in [1.82, 2.24) is 13.8 Å². The molecule has 0 atom stereocenters. The van der Waals surface area contributed by atoms with Crippen LogP contribution in [0.25, 0.3) is 11.4 Å². The molecule has 414 valence electrons. The van der Waals surface area contributed by atoms with E-state index in [1.807, 2.05) is 39.8 Å². The van der Waals surface area contributed by atoms with E-state index >= 15 is 0 Å². The van der Waals surface area contributed by atoms with E-state index in [0.717, 1.165) is 16.7 Å². The standard InChI is InChI=1S/C23H33FNO5P.C15H16FNO2.C14H32NO2P.2CO2/c1-9-19-16(2)12-13-25(21(19)26)18-10-11-20(24)17(14-18)15-28-31(27,29-22(3,4)5)30-23(6,7)8;1-3-13-10(2)6-7-17(15(13)19)12-4-5-14(16)11(8-12)9-18;1-11(2)15(12(3)4)18(16-13(5,6)7)17-14(8,9)10;2*2-1-3/h10-14H,9,15H2,1-8H3;4-8,18H,3,9H2,1-2H3;11-12H,1-10H3;;. The molecule has 74 heavy (non-hydrogen) atoms. The predicted molar refractivity (Wildman–Crippen MR) is 283 cm³/mol. The first-order valence-corrected chi connectivity index (χ1v) is 26.7. The minimum Gasteiger partial charge on any atom is -0.392 e. The minimum atomic E-state index is -4.00. The fraction of sp³-hybridized carbons (Fsp3) is 0.556. The molecule has 2 heterocycles. The lowest BCUT2D eigenvalue weighted by Gasteiger charge is -2.41. The van der Waals surface area contributed by atoms with Crippen LogP contribution in [0.4, 0.5) is 8.78 Å². The van der Waals surface area contributed by atoms with E-state index in [1.165, 1.54) is 45.5 Å². The molecule has 0 spiro atoms. The van der Waals surface area contributed by atoms with Crippen molar-refractivity contribution in [3.8, 4) is 11.4 Å². The monoisotopic (exact) mass is 1080 g/mol. The van der Waals surface area contributed by atoms with Crippen LogP contribution >= 0.6 is 16.3 Å². The largest absolute Gasteiger partial charge is 0.476 e. The van der Waals surface area contributed by atoms with Crippen LogP contribution in [0.15, 0.2) is 70.5 Å². The normalized spacial score (nSPS) is 11.9. The first-order valence-electron chi connectivity index (χ1n) is 24.1. The third-order valence-electron chi connectivity index (χ3n) is 9.45. The Labute approximate surface area is 438 Å². The number of aromatic nitrogens is 2. The molecule has 0 saturated heterocycles. The first kappa shape index (κ1) is 69.3. The Bertz CT molecular complexity index is 2570. The lowest BCUT2D eigenvalue weighted by molar-refractivity contribution is -0.193. The second kappa shape index (κ2) is 30.8. The Kier molecular flexibility index (Phi) is 28.8. The number of rotatable bonds is 15. The molecule has 16 nitrogen and oxygen atoms in total. The van der Waals surface area contributed by atoms with Crippen LogP contribution in [-0.2, 0) is 72.4 Å². The molecule has 0 saturated carbocycles. The number of phosphoric acid groups is 1. The van der Waals surface area contributed by atoms with Gasteiger partial charge >= 0.3 is 20.1 Å². The number of aliphatic hydroxyl groups is 1. The number of halogens is 2. The van der Waals surface area contributed by atoms with Crippen molar-refractivity contribution in [3.05, 3.63) is 127 Å². The van der Waals surface area contributed by atoms with Gasteiger partial charge in [0.15, 0.2) is 0 Å². The molecule has 4 aromatic rings. The maximum atomic E-state index is 14.5. The number of nitrogens with zero attached hydrogens (tertiary/aromatic N) is 3. The van der Waals surface area contributed by atoms with Crippen molar-refractivity contribution in [1.29, 1.82) is 0 Å². The second-order valence-corrected chi connectivity index (χ2v) is 24.0. The molecule has 0 bridgehead atoms. The summed E-state index contributed by atoms with van der Waals surface area (Å²) < 4.78 is 75.3. The van der Waals surface area contributed by atoms with E-state index in [4.69, 9.17) is 46.9 Å². The minimum absolute atomic E-state index is 0.0991. The van der Waals surface area contributed by atoms with Gasteiger partial charge in [-0.3, -0.25) is 32.3 Å². The summed E-state index contributed by atoms with van der Waals surface area (Å²) in [5.74, 6) is -1.01. The average molecular weight is 1080 g/mol. The number of hydrogen-bond donors (Lipinski definition) is 1. The van der Waals surface area contributed by atoms with Gasteiger partial charge in [0.05, 0.1) is 35.6 Å². The molecule has 0 aliphatic carbocycles. The summed E-state index contributed by atoms with van der Waals surface area (Å²) in [5.41, 5.74) is 2.44. The Balaban J connectivity index is 0.00000107. The average Bonchev–Trinajstić information content (AvgIpc) is 3.22. The number of aliphatic hydroxyl groups excluding tert-OH is 1. The molecular formula is C54H81F2N3O13P2. The number of pyridine rings is 2. The molecule has 0 aliphatic rings. The molecule has 20 heteroatoms. The molecule has 0 aliphatic heterocycles. The van der Waals surface area contributed by atoms with E-state index in [-0.39, 0.29) is 59.0 Å². The molecule has 2 aromatic heterocycles. The van der Waals surface area contributed by atoms with Crippen LogP contribution in [0.3, 0.4) is 0 Å². The van der Waals surface area contributed by atoms with Crippen LogP contribution in [0.2, 0.25) is 0 Å². The molecule has 4 rings (SSSR count). The molecule has 0 fully saturated rings. The maximum absolute atomic E-state index is 14.5. The summed E-state index contributed by atoms with van der Waals surface area (Å²) in [6.45, 7) is 38.5. The molecule has 0 unspecified atom stereocenters. The molecule has 0 radical (unpaired) electrons.